The molecule has 1 aliphatic carbocycles. The molecule has 7 heteroatoms. The first-order valence-corrected chi connectivity index (χ1v) is 12.9. The largest absolute Gasteiger partial charge is 0.325 e. The number of anilines is 2. The van der Waals surface area contributed by atoms with Gasteiger partial charge in [0.25, 0.3) is 0 Å². The Bertz CT molecular complexity index is 1380. The number of allylic oxidation sites excluding steroid dienone is 1. The molecular weight excluding hydrogens is 458 g/mol. The van der Waals surface area contributed by atoms with Crippen molar-refractivity contribution >= 4 is 17.2 Å². The molecule has 4 aromatic rings. The third-order valence-corrected chi connectivity index (χ3v) is 6.40. The number of aromatic nitrogens is 5. The molecule has 0 amide bonds. The number of nitrogens with one attached hydrogen (secondary N) is 2. The zero-order valence-electron chi connectivity index (χ0n) is 21.6. The lowest BCUT2D eigenvalue weighted by molar-refractivity contribution is 0.437. The summed E-state index contributed by atoms with van der Waals surface area (Å²) in [6.45, 7) is 6.38. The van der Waals surface area contributed by atoms with Crippen molar-refractivity contribution in [3.8, 4) is 11.5 Å². The summed E-state index contributed by atoms with van der Waals surface area (Å²) in [6, 6.07) is 19.4. The fourth-order valence-electron chi connectivity index (χ4n) is 4.64. The van der Waals surface area contributed by atoms with Crippen LogP contribution in [0.2, 0.25) is 0 Å². The monoisotopic (exact) mass is 491 g/mol. The highest BCUT2D eigenvalue weighted by atomic mass is 15.1. The van der Waals surface area contributed by atoms with E-state index >= 15 is 0 Å². The molecule has 5 rings (SSSR count). The van der Waals surface area contributed by atoms with Crippen molar-refractivity contribution in [1.29, 1.82) is 0 Å². The molecule has 1 unspecified atom stereocenters. The first-order valence-electron chi connectivity index (χ1n) is 12.9. The van der Waals surface area contributed by atoms with Crippen molar-refractivity contribution < 1.29 is 0 Å². The third-order valence-electron chi connectivity index (χ3n) is 6.40. The molecule has 0 fully saturated rings. The Balaban J connectivity index is 1.23. The Morgan fingerprint density at radius 3 is 2.41 bits per heavy atom. The predicted molar refractivity (Wildman–Crippen MR) is 148 cm³/mol. The van der Waals surface area contributed by atoms with Crippen LogP contribution in [0.4, 0.5) is 11.6 Å². The van der Waals surface area contributed by atoms with Crippen LogP contribution in [0.25, 0.3) is 17.1 Å². The van der Waals surface area contributed by atoms with E-state index in [2.05, 4.69) is 74.8 Å². The van der Waals surface area contributed by atoms with Gasteiger partial charge >= 0.3 is 0 Å². The minimum atomic E-state index is 0.532. The Morgan fingerprint density at radius 2 is 1.68 bits per heavy atom. The number of benzene rings is 1. The second-order valence-corrected chi connectivity index (χ2v) is 9.81. The van der Waals surface area contributed by atoms with Gasteiger partial charge in [0.15, 0.2) is 5.82 Å². The van der Waals surface area contributed by atoms with Gasteiger partial charge in [-0.1, -0.05) is 50.3 Å². The van der Waals surface area contributed by atoms with Gasteiger partial charge in [0, 0.05) is 36.6 Å². The molecule has 7 nitrogen and oxygen atoms in total. The second kappa shape index (κ2) is 11.4. The molecule has 2 N–H and O–H groups in total. The van der Waals surface area contributed by atoms with E-state index in [1.54, 1.807) is 12.4 Å². The SMILES string of the molecule is Cc1cccc(-c2nccc(Nc3ccnc(Cc4ccc(C5=CCC(NC(C)C)CC5)cc4)n3)n2)n1. The van der Waals surface area contributed by atoms with Gasteiger partial charge in [-0.15, -0.1) is 0 Å². The summed E-state index contributed by atoms with van der Waals surface area (Å²) in [5.74, 6) is 2.68. The van der Waals surface area contributed by atoms with Gasteiger partial charge in [-0.3, -0.25) is 0 Å². The highest BCUT2D eigenvalue weighted by Gasteiger charge is 2.16. The van der Waals surface area contributed by atoms with Crippen molar-refractivity contribution in [3.63, 3.8) is 0 Å². The van der Waals surface area contributed by atoms with E-state index in [0.29, 0.717) is 36.0 Å². The average molecular weight is 492 g/mol. The van der Waals surface area contributed by atoms with Crippen LogP contribution in [0.5, 0.6) is 0 Å². The van der Waals surface area contributed by atoms with Crippen LogP contribution in [0.1, 0.15) is 55.8 Å². The molecule has 0 saturated heterocycles. The molecular formula is C30H33N7. The van der Waals surface area contributed by atoms with Crippen LogP contribution in [0, 0.1) is 6.92 Å². The van der Waals surface area contributed by atoms with E-state index in [0.717, 1.165) is 30.1 Å². The maximum Gasteiger partial charge on any atom is 0.180 e. The molecule has 0 bridgehead atoms. The van der Waals surface area contributed by atoms with Crippen molar-refractivity contribution in [2.24, 2.45) is 0 Å². The van der Waals surface area contributed by atoms with E-state index in [-0.39, 0.29) is 0 Å². The normalized spacial score (nSPS) is 15.5. The summed E-state index contributed by atoms with van der Waals surface area (Å²) in [6.07, 6.45) is 9.96. The number of aryl methyl sites for hydroxylation is 1. The Labute approximate surface area is 218 Å². The summed E-state index contributed by atoms with van der Waals surface area (Å²) in [4.78, 5) is 22.7. The lowest BCUT2D eigenvalue weighted by Gasteiger charge is -2.25. The number of nitrogens with zero attached hydrogens (tertiary/aromatic N) is 5. The van der Waals surface area contributed by atoms with Crippen molar-refractivity contribution in [2.75, 3.05) is 5.32 Å². The molecule has 3 heterocycles. The van der Waals surface area contributed by atoms with Crippen LogP contribution in [-0.4, -0.2) is 37.0 Å². The molecule has 0 saturated carbocycles. The molecule has 37 heavy (non-hydrogen) atoms. The molecule has 0 aliphatic heterocycles. The van der Waals surface area contributed by atoms with Crippen molar-refractivity contribution in [1.82, 2.24) is 30.2 Å². The molecule has 3 aromatic heterocycles. The lowest BCUT2D eigenvalue weighted by atomic mass is 9.90. The first-order chi connectivity index (χ1) is 18.0. The average Bonchev–Trinajstić information content (AvgIpc) is 2.90. The molecule has 0 radical (unpaired) electrons. The fraction of sp³-hybridized carbons (Fsp3) is 0.300. The lowest BCUT2D eigenvalue weighted by Crippen LogP contribution is -2.35. The van der Waals surface area contributed by atoms with Crippen LogP contribution in [0.15, 0.2) is 73.1 Å². The molecule has 1 aromatic carbocycles. The fourth-order valence-corrected chi connectivity index (χ4v) is 4.64. The quantitative estimate of drug-likeness (QED) is 0.317. The van der Waals surface area contributed by atoms with Crippen LogP contribution < -0.4 is 10.6 Å². The number of pyridine rings is 1. The Kier molecular flexibility index (Phi) is 7.61. The summed E-state index contributed by atoms with van der Waals surface area (Å²) < 4.78 is 0. The first kappa shape index (κ1) is 24.7. The number of rotatable bonds is 8. The van der Waals surface area contributed by atoms with Gasteiger partial charge in [0.05, 0.1) is 0 Å². The third kappa shape index (κ3) is 6.62. The Hall–Kier alpha value is -3.97. The van der Waals surface area contributed by atoms with Crippen LogP contribution in [0.3, 0.4) is 0 Å². The van der Waals surface area contributed by atoms with E-state index in [4.69, 9.17) is 4.98 Å². The van der Waals surface area contributed by atoms with E-state index < -0.39 is 0 Å². The summed E-state index contributed by atoms with van der Waals surface area (Å²) in [7, 11) is 0. The second-order valence-electron chi connectivity index (χ2n) is 9.81. The Morgan fingerprint density at radius 1 is 0.892 bits per heavy atom. The maximum atomic E-state index is 4.71. The van der Waals surface area contributed by atoms with Gasteiger partial charge in [0.2, 0.25) is 0 Å². The van der Waals surface area contributed by atoms with Gasteiger partial charge in [-0.05, 0) is 67.2 Å². The minimum Gasteiger partial charge on any atom is -0.325 e. The maximum absolute atomic E-state index is 4.71. The van der Waals surface area contributed by atoms with Gasteiger partial charge in [-0.2, -0.15) is 0 Å². The molecule has 188 valence electrons. The van der Waals surface area contributed by atoms with Crippen LogP contribution >= 0.6 is 0 Å². The summed E-state index contributed by atoms with van der Waals surface area (Å²) in [5.41, 5.74) is 5.61. The minimum absolute atomic E-state index is 0.532. The summed E-state index contributed by atoms with van der Waals surface area (Å²) in [5, 5.41) is 6.93. The standard InChI is InChI=1S/C30H33N7/c1-20(2)33-25-13-11-24(12-14-25)23-9-7-22(8-10-23)19-29-31-17-15-27(36-29)35-28-16-18-32-30(37-28)26-6-4-5-21(3)34-26/h4-11,15-18,20,25,33H,12-14,19H2,1-3H3,(H,31,32,35,36,37). The zero-order valence-corrected chi connectivity index (χ0v) is 21.6. The highest BCUT2D eigenvalue weighted by Crippen LogP contribution is 2.28. The van der Waals surface area contributed by atoms with Gasteiger partial charge < -0.3 is 10.6 Å². The molecule has 1 aliphatic rings. The molecule has 1 atom stereocenters. The predicted octanol–water partition coefficient (Wildman–Crippen LogP) is 5.91. The molecule has 0 spiro atoms. The van der Waals surface area contributed by atoms with Crippen LogP contribution in [-0.2, 0) is 6.42 Å². The number of hydrogen-bond donors (Lipinski definition) is 2. The summed E-state index contributed by atoms with van der Waals surface area (Å²) >= 11 is 0. The van der Waals surface area contributed by atoms with E-state index in [9.17, 15) is 0 Å². The zero-order chi connectivity index (χ0) is 25.6. The van der Waals surface area contributed by atoms with E-state index in [1.807, 2.05) is 37.3 Å². The smallest absolute Gasteiger partial charge is 0.180 e. The van der Waals surface area contributed by atoms with E-state index in [1.165, 1.54) is 23.1 Å². The topological polar surface area (TPSA) is 88.5 Å². The van der Waals surface area contributed by atoms with Crippen molar-refractivity contribution in [2.45, 2.75) is 58.5 Å². The van der Waals surface area contributed by atoms with Crippen molar-refractivity contribution in [3.05, 3.63) is 95.7 Å². The van der Waals surface area contributed by atoms with Gasteiger partial charge in [0.1, 0.15) is 23.2 Å². The highest BCUT2D eigenvalue weighted by molar-refractivity contribution is 5.66. The van der Waals surface area contributed by atoms with Gasteiger partial charge in [-0.25, -0.2) is 24.9 Å². The number of hydrogen-bond acceptors (Lipinski definition) is 7.